The van der Waals surface area contributed by atoms with Crippen LogP contribution in [0, 0.1) is 0 Å². The molecule has 1 aliphatic rings. The van der Waals surface area contributed by atoms with Crippen LogP contribution in [0.5, 0.6) is 11.5 Å². The highest BCUT2D eigenvalue weighted by molar-refractivity contribution is 6.42. The van der Waals surface area contributed by atoms with Crippen molar-refractivity contribution in [1.29, 1.82) is 0 Å². The van der Waals surface area contributed by atoms with Gasteiger partial charge in [-0.3, -0.25) is 4.79 Å². The van der Waals surface area contributed by atoms with Crippen molar-refractivity contribution >= 4 is 35.1 Å². The van der Waals surface area contributed by atoms with Gasteiger partial charge in [-0.05, 0) is 35.9 Å². The molecule has 24 heavy (non-hydrogen) atoms. The molecule has 0 atom stereocenters. The largest absolute Gasteiger partial charge is 0.507 e. The molecule has 0 fully saturated rings. The van der Waals surface area contributed by atoms with Crippen molar-refractivity contribution in [2.75, 3.05) is 14.1 Å². The van der Waals surface area contributed by atoms with Crippen LogP contribution in [0.15, 0.2) is 36.1 Å². The van der Waals surface area contributed by atoms with Gasteiger partial charge in [-0.25, -0.2) is 0 Å². The Morgan fingerprint density at radius 2 is 1.92 bits per heavy atom. The summed E-state index contributed by atoms with van der Waals surface area (Å²) in [5.74, 6) is 0.529. The maximum Gasteiger partial charge on any atom is 0.231 e. The van der Waals surface area contributed by atoms with E-state index in [1.807, 2.05) is 14.1 Å². The highest BCUT2D eigenvalue weighted by Gasteiger charge is 2.31. The van der Waals surface area contributed by atoms with Gasteiger partial charge < -0.3 is 14.7 Å². The van der Waals surface area contributed by atoms with Crippen molar-refractivity contribution in [3.05, 3.63) is 62.8 Å². The quantitative estimate of drug-likeness (QED) is 0.823. The van der Waals surface area contributed by atoms with Crippen LogP contribution < -0.4 is 9.64 Å². The van der Waals surface area contributed by atoms with E-state index in [4.69, 9.17) is 27.9 Å². The number of phenolic OH excluding ortho intramolecular Hbond substituents is 1. The van der Waals surface area contributed by atoms with Gasteiger partial charge in [-0.1, -0.05) is 29.3 Å². The average Bonchev–Trinajstić information content (AvgIpc) is 2.82. The van der Waals surface area contributed by atoms with E-state index in [2.05, 4.69) is 0 Å². The number of ketones is 1. The molecule has 2 aromatic carbocycles. The Kier molecular flexibility index (Phi) is 4.54. The number of allylic oxidation sites excluding steroid dienone is 1. The number of carbonyl (C=O) groups excluding carboxylic acids is 1. The highest BCUT2D eigenvalue weighted by Crippen LogP contribution is 2.39. The van der Waals surface area contributed by atoms with E-state index in [1.165, 1.54) is 6.07 Å². The summed E-state index contributed by atoms with van der Waals surface area (Å²) in [4.78, 5) is 13.7. The SMILES string of the molecule is C[NH+](C)Cc1c(O)ccc2c1O/C(=C\c1ccc(Cl)c(Cl)c1)C2=O. The molecule has 0 saturated heterocycles. The third kappa shape index (κ3) is 3.13. The van der Waals surface area contributed by atoms with Gasteiger partial charge in [-0.2, -0.15) is 0 Å². The first-order valence-corrected chi connectivity index (χ1v) is 8.15. The van der Waals surface area contributed by atoms with Gasteiger partial charge in [0, 0.05) is 0 Å². The summed E-state index contributed by atoms with van der Waals surface area (Å²) in [6.45, 7) is 0.544. The van der Waals surface area contributed by atoms with Gasteiger partial charge in [0.2, 0.25) is 5.78 Å². The summed E-state index contributed by atoms with van der Waals surface area (Å²) in [5.41, 5.74) is 1.79. The minimum Gasteiger partial charge on any atom is -0.507 e. The number of phenols is 1. The number of carbonyl (C=O) groups is 1. The second kappa shape index (κ2) is 6.48. The maximum atomic E-state index is 12.6. The normalized spacial score (nSPS) is 15.0. The van der Waals surface area contributed by atoms with Crippen LogP contribution in [-0.2, 0) is 6.54 Å². The van der Waals surface area contributed by atoms with Gasteiger partial charge in [-0.15, -0.1) is 0 Å². The minimum absolute atomic E-state index is 0.124. The number of nitrogens with one attached hydrogen (secondary N) is 1. The Morgan fingerprint density at radius 3 is 2.58 bits per heavy atom. The predicted molar refractivity (Wildman–Crippen MR) is 94.0 cm³/mol. The fourth-order valence-corrected chi connectivity index (χ4v) is 2.88. The van der Waals surface area contributed by atoms with Crippen molar-refractivity contribution in [2.45, 2.75) is 6.54 Å². The highest BCUT2D eigenvalue weighted by atomic mass is 35.5. The summed E-state index contributed by atoms with van der Waals surface area (Å²) in [5, 5.41) is 10.9. The van der Waals surface area contributed by atoms with E-state index >= 15 is 0 Å². The molecule has 2 aromatic rings. The van der Waals surface area contributed by atoms with E-state index in [9.17, 15) is 9.90 Å². The lowest BCUT2D eigenvalue weighted by Gasteiger charge is -2.12. The minimum atomic E-state index is -0.217. The third-order valence-corrected chi connectivity index (χ3v) is 4.43. The molecule has 124 valence electrons. The summed E-state index contributed by atoms with van der Waals surface area (Å²) < 4.78 is 5.77. The second-order valence-electron chi connectivity index (χ2n) is 5.94. The number of aromatic hydroxyl groups is 1. The van der Waals surface area contributed by atoms with Crippen LogP contribution in [0.1, 0.15) is 21.5 Å². The lowest BCUT2D eigenvalue weighted by molar-refractivity contribution is -0.872. The summed E-state index contributed by atoms with van der Waals surface area (Å²) >= 11 is 11.9. The van der Waals surface area contributed by atoms with Crippen LogP contribution in [0.2, 0.25) is 10.0 Å². The van der Waals surface area contributed by atoms with Gasteiger partial charge in [0.25, 0.3) is 0 Å². The number of fused-ring (bicyclic) bond motifs is 1. The van der Waals surface area contributed by atoms with Crippen LogP contribution in [0.4, 0.5) is 0 Å². The molecule has 1 heterocycles. The molecule has 6 heteroatoms. The van der Waals surface area contributed by atoms with E-state index in [-0.39, 0.29) is 17.3 Å². The molecule has 0 radical (unpaired) electrons. The van der Waals surface area contributed by atoms with Gasteiger partial charge in [0.05, 0.1) is 35.3 Å². The smallest absolute Gasteiger partial charge is 0.231 e. The van der Waals surface area contributed by atoms with E-state index < -0.39 is 0 Å². The first-order chi connectivity index (χ1) is 11.4. The summed E-state index contributed by atoms with van der Waals surface area (Å²) in [7, 11) is 3.92. The third-order valence-electron chi connectivity index (χ3n) is 3.69. The first-order valence-electron chi connectivity index (χ1n) is 7.40. The number of hydrogen-bond acceptors (Lipinski definition) is 3. The molecule has 0 amide bonds. The zero-order valence-electron chi connectivity index (χ0n) is 13.2. The monoisotopic (exact) mass is 364 g/mol. The first kappa shape index (κ1) is 16.8. The number of hydrogen-bond donors (Lipinski definition) is 2. The molecule has 0 bridgehead atoms. The van der Waals surface area contributed by atoms with Gasteiger partial charge in [0.1, 0.15) is 12.3 Å². The van der Waals surface area contributed by atoms with Gasteiger partial charge in [0.15, 0.2) is 11.5 Å². The molecule has 0 spiro atoms. The Labute approximate surface area is 149 Å². The number of halogens is 2. The topological polar surface area (TPSA) is 51.0 Å². The predicted octanol–water partition coefficient (Wildman–Crippen LogP) is 2.96. The number of quaternary nitrogens is 1. The van der Waals surface area contributed by atoms with E-state index in [0.717, 1.165) is 4.90 Å². The fourth-order valence-electron chi connectivity index (χ4n) is 2.57. The lowest BCUT2D eigenvalue weighted by atomic mass is 10.0. The van der Waals surface area contributed by atoms with Crippen LogP contribution in [0.25, 0.3) is 6.08 Å². The molecule has 2 N–H and O–H groups in total. The van der Waals surface area contributed by atoms with E-state index in [0.29, 0.717) is 39.0 Å². The molecule has 1 aliphatic heterocycles. The molecule has 3 rings (SSSR count). The van der Waals surface area contributed by atoms with Gasteiger partial charge >= 0.3 is 0 Å². The maximum absolute atomic E-state index is 12.6. The number of rotatable bonds is 3. The second-order valence-corrected chi connectivity index (χ2v) is 6.75. The van der Waals surface area contributed by atoms with Crippen LogP contribution in [-0.4, -0.2) is 25.0 Å². The fraction of sp³-hybridized carbons (Fsp3) is 0.167. The Morgan fingerprint density at radius 1 is 1.17 bits per heavy atom. The molecule has 0 aliphatic carbocycles. The molecule has 0 unspecified atom stereocenters. The van der Waals surface area contributed by atoms with Crippen molar-refractivity contribution in [3.63, 3.8) is 0 Å². The molecular weight excluding hydrogens is 349 g/mol. The number of ether oxygens (including phenoxy) is 1. The standard InChI is InChI=1S/C18H15Cl2NO3/c1-21(2)9-12-15(22)6-4-11-17(23)16(24-18(11)12)8-10-3-5-13(19)14(20)7-10/h3-8,22H,9H2,1-2H3/p+1/b16-8-. The van der Waals surface area contributed by atoms with Crippen LogP contribution >= 0.6 is 23.2 Å². The molecular formula is C18H16Cl2NO3+. The molecule has 4 nitrogen and oxygen atoms in total. The summed E-state index contributed by atoms with van der Waals surface area (Å²) in [6, 6.07) is 8.19. The Hall–Kier alpha value is -2.01. The lowest BCUT2D eigenvalue weighted by Crippen LogP contribution is -3.04. The van der Waals surface area contributed by atoms with Crippen molar-refractivity contribution < 1.29 is 19.5 Å². The van der Waals surface area contributed by atoms with Crippen molar-refractivity contribution in [1.82, 2.24) is 0 Å². The van der Waals surface area contributed by atoms with Crippen molar-refractivity contribution in [3.8, 4) is 11.5 Å². The zero-order chi connectivity index (χ0) is 17.4. The Bertz CT molecular complexity index is 860. The average molecular weight is 365 g/mol. The number of Topliss-reactive ketones (excluding diaryl/α,β-unsaturated/α-hetero) is 1. The zero-order valence-corrected chi connectivity index (χ0v) is 14.7. The molecule has 0 aromatic heterocycles. The molecule has 0 saturated carbocycles. The summed E-state index contributed by atoms with van der Waals surface area (Å²) in [6.07, 6.45) is 1.62. The Balaban J connectivity index is 2.01. The van der Waals surface area contributed by atoms with Crippen molar-refractivity contribution in [2.24, 2.45) is 0 Å². The van der Waals surface area contributed by atoms with Crippen LogP contribution in [0.3, 0.4) is 0 Å². The van der Waals surface area contributed by atoms with E-state index in [1.54, 1.807) is 30.3 Å². The number of benzene rings is 2.